The number of esters is 1. The lowest BCUT2D eigenvalue weighted by atomic mass is 10.1. The Balaban J connectivity index is 1.91. The maximum Gasteiger partial charge on any atom is 0.407 e. The van der Waals surface area contributed by atoms with Crippen molar-refractivity contribution in [2.45, 2.75) is 51.7 Å². The molecule has 1 saturated heterocycles. The minimum atomic E-state index is -0.960. The maximum absolute atomic E-state index is 12.8. The summed E-state index contributed by atoms with van der Waals surface area (Å²) in [5.74, 6) is -0.750. The largest absolute Gasteiger partial charge is 0.447 e. The molecule has 1 atom stereocenters. The van der Waals surface area contributed by atoms with Crippen molar-refractivity contribution in [1.29, 1.82) is 0 Å². The topological polar surface area (TPSA) is 84.9 Å². The Hall–Kier alpha value is -2.57. The van der Waals surface area contributed by atoms with Crippen LogP contribution in [-0.2, 0) is 19.1 Å². The van der Waals surface area contributed by atoms with E-state index in [0.717, 1.165) is 12.8 Å². The molecule has 27 heavy (non-hydrogen) atoms. The Labute approximate surface area is 160 Å². The Morgan fingerprint density at radius 1 is 1.11 bits per heavy atom. The summed E-state index contributed by atoms with van der Waals surface area (Å²) in [6, 6.07) is 8.98. The van der Waals surface area contributed by atoms with Gasteiger partial charge in [-0.2, -0.15) is 0 Å². The summed E-state index contributed by atoms with van der Waals surface area (Å²) in [4.78, 5) is 38.4. The summed E-state index contributed by atoms with van der Waals surface area (Å²) < 4.78 is 10.6. The van der Waals surface area contributed by atoms with Crippen LogP contribution in [0.3, 0.4) is 0 Å². The predicted octanol–water partition coefficient (Wildman–Crippen LogP) is 2.81. The molecule has 0 aromatic heterocycles. The lowest BCUT2D eigenvalue weighted by Gasteiger charge is -2.23. The lowest BCUT2D eigenvalue weighted by molar-refractivity contribution is -0.160. The highest BCUT2D eigenvalue weighted by molar-refractivity contribution is 5.85. The molecular weight excluding hydrogens is 348 g/mol. The molecule has 7 nitrogen and oxygen atoms in total. The second-order valence-corrected chi connectivity index (χ2v) is 7.49. The van der Waals surface area contributed by atoms with Gasteiger partial charge in [0.05, 0.1) is 6.42 Å². The second kappa shape index (κ2) is 9.39. The van der Waals surface area contributed by atoms with Crippen LogP contribution in [-0.4, -0.2) is 48.1 Å². The van der Waals surface area contributed by atoms with E-state index in [0.29, 0.717) is 18.7 Å². The number of alkyl carbamates (subject to hydrolysis) is 1. The number of rotatable bonds is 6. The Kier molecular flexibility index (Phi) is 7.21. The molecule has 0 saturated carbocycles. The molecule has 1 aliphatic rings. The Morgan fingerprint density at radius 3 is 2.33 bits per heavy atom. The molecule has 2 rings (SSSR count). The van der Waals surface area contributed by atoms with Crippen molar-refractivity contribution in [3.05, 3.63) is 35.9 Å². The molecule has 7 heteroatoms. The van der Waals surface area contributed by atoms with Crippen molar-refractivity contribution < 1.29 is 23.9 Å². The number of carbonyl (C=O) groups excluding carboxylic acids is 3. The first-order valence-electron chi connectivity index (χ1n) is 9.26. The number of hydrogen-bond donors (Lipinski definition) is 1. The first kappa shape index (κ1) is 20.7. The summed E-state index contributed by atoms with van der Waals surface area (Å²) in [6.07, 6.45) is 0.319. The zero-order valence-electron chi connectivity index (χ0n) is 16.2. The number of nitrogens with one attached hydrogen (secondary N) is 1. The van der Waals surface area contributed by atoms with Crippen LogP contribution in [0.15, 0.2) is 30.3 Å². The van der Waals surface area contributed by atoms with Gasteiger partial charge in [-0.3, -0.25) is 9.59 Å². The highest BCUT2D eigenvalue weighted by Gasteiger charge is 2.30. The van der Waals surface area contributed by atoms with Crippen LogP contribution in [0.5, 0.6) is 0 Å². The monoisotopic (exact) mass is 376 g/mol. The minimum absolute atomic E-state index is 0.0458. The van der Waals surface area contributed by atoms with E-state index in [-0.39, 0.29) is 18.9 Å². The summed E-state index contributed by atoms with van der Waals surface area (Å²) in [5.41, 5.74) is 0.0355. The van der Waals surface area contributed by atoms with Crippen molar-refractivity contribution in [2.75, 3.05) is 19.6 Å². The standard InChI is InChI=1S/C20H28N2O5/c1-20(2,3)27-19(25)21-12-11-16(23)26-17(15-9-5-4-6-10-15)18(24)22-13-7-8-14-22/h4-6,9-10,17H,7-8,11-14H2,1-3H3,(H,21,25)/t17-/m1/s1. The number of carbonyl (C=O) groups is 3. The van der Waals surface area contributed by atoms with Crippen molar-refractivity contribution in [3.8, 4) is 0 Å². The van der Waals surface area contributed by atoms with Crippen LogP contribution in [0.2, 0.25) is 0 Å². The summed E-state index contributed by atoms with van der Waals surface area (Å²) in [6.45, 7) is 6.72. The third kappa shape index (κ3) is 6.92. The zero-order valence-corrected chi connectivity index (χ0v) is 16.2. The molecule has 148 valence electrons. The normalized spacial score (nSPS) is 15.1. The first-order chi connectivity index (χ1) is 12.8. The van der Waals surface area contributed by atoms with E-state index in [1.165, 1.54) is 0 Å². The van der Waals surface area contributed by atoms with Gasteiger partial charge in [0.25, 0.3) is 5.91 Å². The lowest BCUT2D eigenvalue weighted by Crippen LogP contribution is -2.36. The molecule has 1 aromatic rings. The quantitative estimate of drug-likeness (QED) is 0.772. The van der Waals surface area contributed by atoms with E-state index in [2.05, 4.69) is 5.32 Å². The maximum atomic E-state index is 12.8. The highest BCUT2D eigenvalue weighted by atomic mass is 16.6. The van der Waals surface area contributed by atoms with Crippen LogP contribution >= 0.6 is 0 Å². The van der Waals surface area contributed by atoms with Crippen LogP contribution in [0.25, 0.3) is 0 Å². The molecule has 1 aliphatic heterocycles. The van der Waals surface area contributed by atoms with Gasteiger partial charge in [0, 0.05) is 25.2 Å². The molecule has 0 aliphatic carbocycles. The average Bonchev–Trinajstić information content (AvgIpc) is 3.13. The third-order valence-corrected chi connectivity index (χ3v) is 3.99. The molecule has 0 unspecified atom stereocenters. The minimum Gasteiger partial charge on any atom is -0.447 e. The van der Waals surface area contributed by atoms with Crippen molar-refractivity contribution >= 4 is 18.0 Å². The van der Waals surface area contributed by atoms with E-state index >= 15 is 0 Å². The predicted molar refractivity (Wildman–Crippen MR) is 99.9 cm³/mol. The number of benzene rings is 1. The third-order valence-electron chi connectivity index (χ3n) is 3.99. The fourth-order valence-electron chi connectivity index (χ4n) is 2.76. The van der Waals surface area contributed by atoms with E-state index in [1.807, 2.05) is 6.07 Å². The van der Waals surface area contributed by atoms with Gasteiger partial charge in [-0.05, 0) is 33.6 Å². The fraction of sp³-hybridized carbons (Fsp3) is 0.550. The number of amides is 2. The molecule has 0 spiro atoms. The zero-order chi connectivity index (χ0) is 19.9. The number of likely N-dealkylation sites (tertiary alicyclic amines) is 1. The van der Waals surface area contributed by atoms with E-state index in [4.69, 9.17) is 9.47 Å². The molecule has 0 bridgehead atoms. The van der Waals surface area contributed by atoms with Gasteiger partial charge in [0.15, 0.2) is 0 Å². The molecule has 1 N–H and O–H groups in total. The molecule has 1 heterocycles. The second-order valence-electron chi connectivity index (χ2n) is 7.49. The SMILES string of the molecule is CC(C)(C)OC(=O)NCCC(=O)O[C@@H](C(=O)N1CCCC1)c1ccccc1. The van der Waals surface area contributed by atoms with Gasteiger partial charge in [-0.1, -0.05) is 30.3 Å². The van der Waals surface area contributed by atoms with Gasteiger partial charge in [0.1, 0.15) is 5.60 Å². The number of nitrogens with zero attached hydrogens (tertiary/aromatic N) is 1. The number of hydrogen-bond acceptors (Lipinski definition) is 5. The van der Waals surface area contributed by atoms with Crippen LogP contribution in [0.4, 0.5) is 4.79 Å². The van der Waals surface area contributed by atoms with E-state index in [1.54, 1.807) is 49.9 Å². The molecular formula is C20H28N2O5. The summed E-state index contributed by atoms with van der Waals surface area (Å²) >= 11 is 0. The van der Waals surface area contributed by atoms with Crippen molar-refractivity contribution in [1.82, 2.24) is 10.2 Å². The summed E-state index contributed by atoms with van der Waals surface area (Å²) in [7, 11) is 0. The average molecular weight is 376 g/mol. The van der Waals surface area contributed by atoms with Gasteiger partial charge in [-0.15, -0.1) is 0 Å². The molecule has 2 amide bonds. The van der Waals surface area contributed by atoms with Gasteiger partial charge < -0.3 is 19.7 Å². The van der Waals surface area contributed by atoms with Gasteiger partial charge in [0.2, 0.25) is 6.10 Å². The Morgan fingerprint density at radius 2 is 1.74 bits per heavy atom. The number of ether oxygens (including phenoxy) is 2. The Bertz CT molecular complexity index is 648. The summed E-state index contributed by atoms with van der Waals surface area (Å²) in [5, 5.41) is 2.51. The van der Waals surface area contributed by atoms with Gasteiger partial charge in [-0.25, -0.2) is 4.79 Å². The van der Waals surface area contributed by atoms with E-state index < -0.39 is 23.8 Å². The first-order valence-corrected chi connectivity index (χ1v) is 9.26. The highest BCUT2D eigenvalue weighted by Crippen LogP contribution is 2.23. The smallest absolute Gasteiger partial charge is 0.407 e. The molecule has 0 radical (unpaired) electrons. The van der Waals surface area contributed by atoms with Crippen LogP contribution in [0.1, 0.15) is 51.7 Å². The molecule has 1 aromatic carbocycles. The van der Waals surface area contributed by atoms with E-state index in [9.17, 15) is 14.4 Å². The van der Waals surface area contributed by atoms with Crippen LogP contribution < -0.4 is 5.32 Å². The van der Waals surface area contributed by atoms with Crippen molar-refractivity contribution in [2.24, 2.45) is 0 Å². The van der Waals surface area contributed by atoms with Gasteiger partial charge >= 0.3 is 12.1 Å². The fourth-order valence-corrected chi connectivity index (χ4v) is 2.76. The molecule has 1 fully saturated rings. The van der Waals surface area contributed by atoms with Crippen LogP contribution in [0, 0.1) is 0 Å². The van der Waals surface area contributed by atoms with Crippen molar-refractivity contribution in [3.63, 3.8) is 0 Å².